The van der Waals surface area contributed by atoms with Crippen LogP contribution >= 0.6 is 27.5 Å². The number of nitrogens with zero attached hydrogens (tertiary/aromatic N) is 1. The minimum Gasteiger partial charge on any atom is -0.493 e. The molecular weight excluding hydrogens is 498 g/mol. The van der Waals surface area contributed by atoms with Crippen molar-refractivity contribution in [2.24, 2.45) is 5.10 Å². The lowest BCUT2D eigenvalue weighted by Crippen LogP contribution is -2.32. The first-order valence-electron chi connectivity index (χ1n) is 9.40. The molecule has 0 saturated heterocycles. The topological polar surface area (TPSA) is 89.0 Å². The Morgan fingerprint density at radius 1 is 1.03 bits per heavy atom. The van der Waals surface area contributed by atoms with Gasteiger partial charge in [0.2, 0.25) is 0 Å². The molecule has 32 heavy (non-hydrogen) atoms. The molecule has 0 fully saturated rings. The number of methoxy groups -OCH3 is 1. The van der Waals surface area contributed by atoms with Gasteiger partial charge in [0, 0.05) is 15.2 Å². The van der Waals surface area contributed by atoms with Crippen LogP contribution in [0.3, 0.4) is 0 Å². The first-order valence-corrected chi connectivity index (χ1v) is 10.6. The fraction of sp³-hybridized carbons (Fsp3) is 0.0870. The van der Waals surface area contributed by atoms with Crippen molar-refractivity contribution < 1.29 is 19.1 Å². The van der Waals surface area contributed by atoms with E-state index in [-0.39, 0.29) is 0 Å². The van der Waals surface area contributed by atoms with Crippen LogP contribution in [0.15, 0.2) is 76.3 Å². The van der Waals surface area contributed by atoms with Gasteiger partial charge in [-0.15, -0.1) is 0 Å². The second-order valence-electron chi connectivity index (χ2n) is 6.49. The third-order valence-electron chi connectivity index (χ3n) is 4.16. The zero-order valence-electron chi connectivity index (χ0n) is 17.0. The number of hydrazone groups is 1. The van der Waals surface area contributed by atoms with Gasteiger partial charge in [-0.25, -0.2) is 5.43 Å². The molecule has 0 atom stereocenters. The Labute approximate surface area is 198 Å². The molecule has 7 nitrogen and oxygen atoms in total. The van der Waals surface area contributed by atoms with Crippen molar-refractivity contribution in [3.63, 3.8) is 0 Å². The zero-order valence-corrected chi connectivity index (χ0v) is 19.3. The summed E-state index contributed by atoms with van der Waals surface area (Å²) < 4.78 is 12.2. The monoisotopic (exact) mass is 515 g/mol. The average Bonchev–Trinajstić information content (AvgIpc) is 2.79. The van der Waals surface area contributed by atoms with E-state index in [0.29, 0.717) is 34.4 Å². The Bertz CT molecular complexity index is 1140. The van der Waals surface area contributed by atoms with Gasteiger partial charge in [-0.1, -0.05) is 45.7 Å². The van der Waals surface area contributed by atoms with E-state index in [0.717, 1.165) is 10.0 Å². The summed E-state index contributed by atoms with van der Waals surface area (Å²) >= 11 is 9.26. The van der Waals surface area contributed by atoms with Crippen LogP contribution in [0.5, 0.6) is 11.5 Å². The highest BCUT2D eigenvalue weighted by Gasteiger charge is 2.13. The number of carbonyl (C=O) groups excluding carboxylic acids is 2. The summed E-state index contributed by atoms with van der Waals surface area (Å²) in [6.07, 6.45) is 1.39. The van der Waals surface area contributed by atoms with Crippen molar-refractivity contribution in [2.45, 2.75) is 6.61 Å². The lowest BCUT2D eigenvalue weighted by atomic mass is 10.2. The van der Waals surface area contributed by atoms with Gasteiger partial charge in [0.05, 0.1) is 13.3 Å². The number of carbonyl (C=O) groups is 2. The first-order chi connectivity index (χ1) is 15.4. The summed E-state index contributed by atoms with van der Waals surface area (Å²) in [4.78, 5) is 23.9. The summed E-state index contributed by atoms with van der Waals surface area (Å²) in [6, 6.07) is 19.5. The fourth-order valence-electron chi connectivity index (χ4n) is 2.60. The second kappa shape index (κ2) is 11.3. The molecule has 0 aromatic heterocycles. The summed E-state index contributed by atoms with van der Waals surface area (Å²) in [5.74, 6) is -0.699. The Hall–Kier alpha value is -3.36. The summed E-state index contributed by atoms with van der Waals surface area (Å²) in [6.45, 7) is 0.384. The zero-order chi connectivity index (χ0) is 22.9. The standard InChI is InChI=1S/C23H19BrClN3O4/c1-31-21-11-16(7-10-20(21)32-14-15-5-8-17(24)9-6-15)13-26-28-23(30)22(29)27-19-4-2-3-18(25)12-19/h2-13H,14H2,1H3,(H,27,29)(H,28,30). The molecule has 0 radical (unpaired) electrons. The van der Waals surface area contributed by atoms with E-state index >= 15 is 0 Å². The number of ether oxygens (including phenoxy) is 2. The average molecular weight is 517 g/mol. The van der Waals surface area contributed by atoms with Crippen molar-refractivity contribution >= 4 is 51.2 Å². The third kappa shape index (κ3) is 6.83. The lowest BCUT2D eigenvalue weighted by Gasteiger charge is -2.11. The fourth-order valence-corrected chi connectivity index (χ4v) is 3.05. The van der Waals surface area contributed by atoms with Crippen LogP contribution in [0.4, 0.5) is 5.69 Å². The lowest BCUT2D eigenvalue weighted by molar-refractivity contribution is -0.136. The summed E-state index contributed by atoms with van der Waals surface area (Å²) in [7, 11) is 1.53. The van der Waals surface area contributed by atoms with Crippen LogP contribution < -0.4 is 20.2 Å². The summed E-state index contributed by atoms with van der Waals surface area (Å²) in [5.41, 5.74) is 4.25. The number of amides is 2. The van der Waals surface area contributed by atoms with Gasteiger partial charge in [-0.2, -0.15) is 5.10 Å². The molecule has 3 aromatic carbocycles. The molecule has 0 saturated carbocycles. The van der Waals surface area contributed by atoms with Crippen LogP contribution in [0.1, 0.15) is 11.1 Å². The largest absolute Gasteiger partial charge is 0.493 e. The van der Waals surface area contributed by atoms with Crippen molar-refractivity contribution in [1.29, 1.82) is 0 Å². The second-order valence-corrected chi connectivity index (χ2v) is 7.84. The Balaban J connectivity index is 1.56. The number of benzene rings is 3. The highest BCUT2D eigenvalue weighted by atomic mass is 79.9. The summed E-state index contributed by atoms with van der Waals surface area (Å²) in [5, 5.41) is 6.70. The van der Waals surface area contributed by atoms with Gasteiger partial charge in [-0.3, -0.25) is 9.59 Å². The smallest absolute Gasteiger partial charge is 0.329 e. The molecule has 0 aliphatic rings. The molecule has 2 amide bonds. The van der Waals surface area contributed by atoms with Crippen molar-refractivity contribution in [3.8, 4) is 11.5 Å². The van der Waals surface area contributed by atoms with Crippen LogP contribution in [0.25, 0.3) is 0 Å². The molecule has 0 unspecified atom stereocenters. The molecular formula is C23H19BrClN3O4. The van der Waals surface area contributed by atoms with Gasteiger partial charge in [0.15, 0.2) is 11.5 Å². The van der Waals surface area contributed by atoms with Crippen LogP contribution in [0.2, 0.25) is 5.02 Å². The SMILES string of the molecule is COc1cc(C=NNC(=O)C(=O)Nc2cccc(Cl)c2)ccc1OCc1ccc(Br)cc1. The highest BCUT2D eigenvalue weighted by Crippen LogP contribution is 2.28. The van der Waals surface area contributed by atoms with Gasteiger partial charge in [0.1, 0.15) is 6.61 Å². The van der Waals surface area contributed by atoms with E-state index < -0.39 is 11.8 Å². The maximum absolute atomic E-state index is 11.9. The number of hydrogen-bond acceptors (Lipinski definition) is 5. The predicted molar refractivity (Wildman–Crippen MR) is 127 cm³/mol. The van der Waals surface area contributed by atoms with Crippen molar-refractivity contribution in [3.05, 3.63) is 87.4 Å². The van der Waals surface area contributed by atoms with E-state index in [4.69, 9.17) is 21.1 Å². The molecule has 3 aromatic rings. The molecule has 0 aliphatic heterocycles. The Morgan fingerprint density at radius 3 is 2.53 bits per heavy atom. The molecule has 164 valence electrons. The molecule has 0 spiro atoms. The van der Waals surface area contributed by atoms with Gasteiger partial charge in [-0.05, 0) is 59.7 Å². The number of anilines is 1. The highest BCUT2D eigenvalue weighted by molar-refractivity contribution is 9.10. The van der Waals surface area contributed by atoms with Crippen molar-refractivity contribution in [1.82, 2.24) is 5.43 Å². The molecule has 0 aliphatic carbocycles. The number of nitrogens with one attached hydrogen (secondary N) is 2. The predicted octanol–water partition coefficient (Wildman–Crippen LogP) is 4.78. The first kappa shape index (κ1) is 23.3. The molecule has 3 rings (SSSR count). The van der Waals surface area contributed by atoms with Gasteiger partial charge >= 0.3 is 11.8 Å². The molecule has 0 heterocycles. The van der Waals surface area contributed by atoms with E-state index in [1.807, 2.05) is 24.3 Å². The van der Waals surface area contributed by atoms with Crippen LogP contribution in [-0.4, -0.2) is 25.1 Å². The normalized spacial score (nSPS) is 10.6. The van der Waals surface area contributed by atoms with Gasteiger partial charge < -0.3 is 14.8 Å². The minimum atomic E-state index is -0.914. The van der Waals surface area contributed by atoms with Crippen molar-refractivity contribution in [2.75, 3.05) is 12.4 Å². The maximum atomic E-state index is 11.9. The molecule has 2 N–H and O–H groups in total. The molecule has 9 heteroatoms. The van der Waals surface area contributed by atoms with E-state index in [2.05, 4.69) is 31.8 Å². The van der Waals surface area contributed by atoms with E-state index in [9.17, 15) is 9.59 Å². The van der Waals surface area contributed by atoms with Crippen LogP contribution in [0, 0.1) is 0 Å². The third-order valence-corrected chi connectivity index (χ3v) is 4.93. The quantitative estimate of drug-likeness (QED) is 0.269. The van der Waals surface area contributed by atoms with Crippen LogP contribution in [-0.2, 0) is 16.2 Å². The number of rotatable bonds is 7. The number of halogens is 2. The van der Waals surface area contributed by atoms with E-state index in [1.54, 1.807) is 36.4 Å². The maximum Gasteiger partial charge on any atom is 0.329 e. The van der Waals surface area contributed by atoms with E-state index in [1.165, 1.54) is 19.4 Å². The Morgan fingerprint density at radius 2 is 1.81 bits per heavy atom. The Kier molecular flexibility index (Phi) is 8.24. The molecule has 0 bridgehead atoms. The minimum absolute atomic E-state index is 0.384. The number of hydrogen-bond donors (Lipinski definition) is 2. The van der Waals surface area contributed by atoms with Gasteiger partial charge in [0.25, 0.3) is 0 Å².